The summed E-state index contributed by atoms with van der Waals surface area (Å²) in [4.78, 5) is 36.5. The Morgan fingerprint density at radius 3 is 2.42 bits per heavy atom. The maximum absolute atomic E-state index is 13.3. The highest BCUT2D eigenvalue weighted by Crippen LogP contribution is 2.37. The topological polar surface area (TPSA) is 95.5 Å². The Balaban J connectivity index is 1.83. The van der Waals surface area contributed by atoms with Crippen molar-refractivity contribution in [1.29, 1.82) is 0 Å². The number of carboxylic acid groups (broad SMARTS) is 1. The number of amides is 2. The van der Waals surface area contributed by atoms with Crippen molar-refractivity contribution in [2.75, 3.05) is 10.6 Å². The Hall–Kier alpha value is -3.55. The normalized spacial score (nSPS) is 11.7. The number of hydrogen-bond donors (Lipinski definition) is 3. The highest BCUT2D eigenvalue weighted by atomic mass is 35.5. The van der Waals surface area contributed by atoms with E-state index >= 15 is 0 Å². The average molecular weight is 481 g/mol. The van der Waals surface area contributed by atoms with Gasteiger partial charge in [-0.15, -0.1) is 11.8 Å². The fourth-order valence-electron chi connectivity index (χ4n) is 2.94. The minimum atomic E-state index is -1.21. The second-order valence-corrected chi connectivity index (χ2v) is 8.66. The quantitative estimate of drug-likeness (QED) is 0.284. The molecule has 168 valence electrons. The van der Waals surface area contributed by atoms with Crippen molar-refractivity contribution in [3.63, 3.8) is 0 Å². The van der Waals surface area contributed by atoms with Crippen molar-refractivity contribution >= 4 is 52.5 Å². The van der Waals surface area contributed by atoms with Crippen LogP contribution in [0.2, 0.25) is 5.02 Å². The number of hydrogen-bond acceptors (Lipinski definition) is 4. The van der Waals surface area contributed by atoms with E-state index in [2.05, 4.69) is 10.6 Å². The zero-order valence-corrected chi connectivity index (χ0v) is 19.2. The van der Waals surface area contributed by atoms with E-state index in [0.717, 1.165) is 28.2 Å². The summed E-state index contributed by atoms with van der Waals surface area (Å²) in [5, 5.41) is 14.2. The summed E-state index contributed by atoms with van der Waals surface area (Å²) in [6, 6.07) is 21.7. The average Bonchev–Trinajstić information content (AvgIpc) is 2.79. The number of rotatable bonds is 8. The third kappa shape index (κ3) is 7.24. The summed E-state index contributed by atoms with van der Waals surface area (Å²) >= 11 is 7.43. The van der Waals surface area contributed by atoms with Gasteiger partial charge in [0.2, 0.25) is 11.8 Å². The second kappa shape index (κ2) is 11.4. The molecule has 0 aromatic heterocycles. The van der Waals surface area contributed by atoms with Crippen molar-refractivity contribution in [2.45, 2.75) is 17.1 Å². The number of anilines is 2. The van der Waals surface area contributed by atoms with Crippen LogP contribution in [-0.4, -0.2) is 22.9 Å². The molecule has 3 rings (SSSR count). The number of aliphatic carboxylic acids is 1. The van der Waals surface area contributed by atoms with Crippen LogP contribution in [-0.2, 0) is 14.4 Å². The zero-order valence-electron chi connectivity index (χ0n) is 17.6. The minimum absolute atomic E-state index is 0.213. The number of carboxylic acids is 1. The van der Waals surface area contributed by atoms with Gasteiger partial charge in [0.1, 0.15) is 5.25 Å². The van der Waals surface area contributed by atoms with Gasteiger partial charge < -0.3 is 15.7 Å². The van der Waals surface area contributed by atoms with E-state index in [-0.39, 0.29) is 5.91 Å². The summed E-state index contributed by atoms with van der Waals surface area (Å²) in [7, 11) is 0. The second-order valence-electron chi connectivity index (χ2n) is 7.05. The lowest BCUT2D eigenvalue weighted by Crippen LogP contribution is -2.19. The van der Waals surface area contributed by atoms with Crippen LogP contribution in [0.3, 0.4) is 0 Å². The number of carbonyl (C=O) groups excluding carboxylic acids is 2. The van der Waals surface area contributed by atoms with Gasteiger partial charge in [-0.25, -0.2) is 4.79 Å². The van der Waals surface area contributed by atoms with Crippen molar-refractivity contribution in [3.8, 4) is 0 Å². The smallest absolute Gasteiger partial charge is 0.328 e. The summed E-state index contributed by atoms with van der Waals surface area (Å²) in [5.74, 6) is -1.98. The molecule has 6 nitrogen and oxygen atoms in total. The third-order valence-electron chi connectivity index (χ3n) is 4.53. The molecule has 0 aliphatic carbocycles. The van der Waals surface area contributed by atoms with Crippen LogP contribution < -0.4 is 10.6 Å². The van der Waals surface area contributed by atoms with Gasteiger partial charge in [-0.1, -0.05) is 54.1 Å². The first-order chi connectivity index (χ1) is 15.8. The maximum atomic E-state index is 13.3. The molecule has 3 aromatic carbocycles. The molecule has 3 N–H and O–H groups in total. The summed E-state index contributed by atoms with van der Waals surface area (Å²) < 4.78 is 0. The van der Waals surface area contributed by atoms with E-state index in [0.29, 0.717) is 16.4 Å². The number of carbonyl (C=O) groups is 3. The molecular weight excluding hydrogens is 460 g/mol. The fraction of sp³-hybridized carbons (Fsp3) is 0.0800. The molecule has 0 saturated heterocycles. The van der Waals surface area contributed by atoms with Gasteiger partial charge in [-0.3, -0.25) is 9.59 Å². The number of thioether (sulfide) groups is 1. The molecule has 0 saturated carbocycles. The Bertz CT molecular complexity index is 1200. The monoisotopic (exact) mass is 480 g/mol. The Morgan fingerprint density at radius 2 is 1.70 bits per heavy atom. The molecule has 3 aromatic rings. The van der Waals surface area contributed by atoms with E-state index in [1.54, 1.807) is 30.3 Å². The van der Waals surface area contributed by atoms with Gasteiger partial charge in [0.05, 0.1) is 0 Å². The molecule has 0 spiro atoms. The summed E-state index contributed by atoms with van der Waals surface area (Å²) in [5.41, 5.74) is 2.83. The predicted octanol–water partition coefficient (Wildman–Crippen LogP) is 5.70. The predicted molar refractivity (Wildman–Crippen MR) is 132 cm³/mol. The Kier molecular flexibility index (Phi) is 8.29. The molecule has 0 aliphatic heterocycles. The minimum Gasteiger partial charge on any atom is -0.478 e. The van der Waals surface area contributed by atoms with Gasteiger partial charge in [0.15, 0.2) is 0 Å². The van der Waals surface area contributed by atoms with Crippen LogP contribution in [0.15, 0.2) is 89.8 Å². The first-order valence-electron chi connectivity index (χ1n) is 9.92. The lowest BCUT2D eigenvalue weighted by molar-refractivity contribution is -0.131. The van der Waals surface area contributed by atoms with Crippen LogP contribution in [0.1, 0.15) is 16.4 Å². The SMILES string of the molecule is Cc1ccc(Cl)cc1NC(=O)C(Sc1cccc(NC(=O)/C=C/C(=O)O)c1)c1ccccc1. The van der Waals surface area contributed by atoms with Gasteiger partial charge in [-0.05, 0) is 48.4 Å². The molecule has 0 heterocycles. The number of halogens is 1. The summed E-state index contributed by atoms with van der Waals surface area (Å²) in [6.07, 6.45) is 1.71. The number of aryl methyl sites for hydroxylation is 1. The number of benzene rings is 3. The van der Waals surface area contributed by atoms with E-state index in [1.807, 2.05) is 49.4 Å². The lowest BCUT2D eigenvalue weighted by atomic mass is 10.1. The zero-order chi connectivity index (χ0) is 23.8. The van der Waals surface area contributed by atoms with Crippen molar-refractivity contribution in [1.82, 2.24) is 0 Å². The molecule has 0 aliphatic rings. The van der Waals surface area contributed by atoms with Gasteiger partial charge in [0.25, 0.3) is 0 Å². The van der Waals surface area contributed by atoms with E-state index in [9.17, 15) is 14.4 Å². The van der Waals surface area contributed by atoms with Crippen LogP contribution in [0.25, 0.3) is 0 Å². The van der Waals surface area contributed by atoms with Crippen LogP contribution in [0.5, 0.6) is 0 Å². The molecule has 1 unspecified atom stereocenters. The first-order valence-corrected chi connectivity index (χ1v) is 11.2. The fourth-order valence-corrected chi connectivity index (χ4v) is 4.20. The molecule has 0 radical (unpaired) electrons. The standard InChI is InChI=1S/C25H21ClN2O4S/c1-16-10-11-18(26)14-21(16)28-25(32)24(17-6-3-2-4-7-17)33-20-9-5-8-19(15-20)27-22(29)12-13-23(30)31/h2-15,24H,1H3,(H,27,29)(H,28,32)(H,30,31)/b13-12+. The molecule has 0 fully saturated rings. The highest BCUT2D eigenvalue weighted by molar-refractivity contribution is 8.00. The Morgan fingerprint density at radius 1 is 0.939 bits per heavy atom. The Labute approximate surface area is 200 Å². The van der Waals surface area contributed by atoms with E-state index in [4.69, 9.17) is 16.7 Å². The molecule has 1 atom stereocenters. The van der Waals surface area contributed by atoms with Gasteiger partial charge >= 0.3 is 5.97 Å². The van der Waals surface area contributed by atoms with Crippen LogP contribution >= 0.6 is 23.4 Å². The molecular formula is C25H21ClN2O4S. The summed E-state index contributed by atoms with van der Waals surface area (Å²) in [6.45, 7) is 1.89. The van der Waals surface area contributed by atoms with Crippen molar-refractivity contribution < 1.29 is 19.5 Å². The van der Waals surface area contributed by atoms with Crippen molar-refractivity contribution in [3.05, 3.63) is 101 Å². The van der Waals surface area contributed by atoms with Gasteiger partial charge in [-0.2, -0.15) is 0 Å². The van der Waals surface area contributed by atoms with E-state index in [1.165, 1.54) is 11.8 Å². The molecule has 33 heavy (non-hydrogen) atoms. The highest BCUT2D eigenvalue weighted by Gasteiger charge is 2.23. The molecule has 8 heteroatoms. The number of nitrogens with one attached hydrogen (secondary N) is 2. The van der Waals surface area contributed by atoms with Crippen LogP contribution in [0.4, 0.5) is 11.4 Å². The van der Waals surface area contributed by atoms with Crippen molar-refractivity contribution in [2.24, 2.45) is 0 Å². The first kappa shape index (κ1) is 24.1. The molecule has 0 bridgehead atoms. The third-order valence-corrected chi connectivity index (χ3v) is 6.01. The molecule has 2 amide bonds. The largest absolute Gasteiger partial charge is 0.478 e. The van der Waals surface area contributed by atoms with Crippen LogP contribution in [0, 0.1) is 6.92 Å². The maximum Gasteiger partial charge on any atom is 0.328 e. The lowest BCUT2D eigenvalue weighted by Gasteiger charge is -2.18. The van der Waals surface area contributed by atoms with Gasteiger partial charge in [0, 0.05) is 33.4 Å². The van der Waals surface area contributed by atoms with E-state index < -0.39 is 17.1 Å².